The van der Waals surface area contributed by atoms with Gasteiger partial charge in [0.05, 0.1) is 0 Å². The van der Waals surface area contributed by atoms with Gasteiger partial charge in [-0.25, -0.2) is 4.57 Å². The number of hydrogen-bond donors (Lipinski definition) is 1. The highest BCUT2D eigenvalue weighted by atomic mass is 31.2. The summed E-state index contributed by atoms with van der Waals surface area (Å²) in [5, 5.41) is 0. The van der Waals surface area contributed by atoms with Crippen molar-refractivity contribution in [2.45, 2.75) is 13.8 Å². The molecule has 0 aliphatic rings. The zero-order chi connectivity index (χ0) is 14.8. The summed E-state index contributed by atoms with van der Waals surface area (Å²) in [6.45, 7) is 3.61. The van der Waals surface area contributed by atoms with E-state index >= 15 is 0 Å². The highest BCUT2D eigenvalue weighted by molar-refractivity contribution is 7.72. The molecule has 4 nitrogen and oxygen atoms in total. The Balaban J connectivity index is 2.26. The molecule has 0 saturated carbocycles. The molecule has 2 rings (SSSR count). The van der Waals surface area contributed by atoms with E-state index in [4.69, 9.17) is 4.52 Å². The molecule has 2 aromatic carbocycles. The van der Waals surface area contributed by atoms with Gasteiger partial charge in [-0.15, -0.1) is 0 Å². The summed E-state index contributed by atoms with van der Waals surface area (Å²) in [5.41, 5.74) is 0.920. The Kier molecular flexibility index (Phi) is 4.07. The number of carbonyl (C=O) groups excluding carboxylic acids is 1. The molecule has 0 radical (unpaired) electrons. The number of benzene rings is 2. The number of aryl methyl sites for hydroxylation is 2. The Bertz CT molecular complexity index is 677. The minimum atomic E-state index is -4.41. The van der Waals surface area contributed by atoms with Crippen LogP contribution in [0.25, 0.3) is 0 Å². The third-order valence-electron chi connectivity index (χ3n) is 2.87. The van der Waals surface area contributed by atoms with Crippen LogP contribution in [0.1, 0.15) is 21.5 Å². The van der Waals surface area contributed by atoms with Crippen LogP contribution < -0.4 is 4.52 Å². The van der Waals surface area contributed by atoms with Gasteiger partial charge < -0.3 is 9.42 Å². The van der Waals surface area contributed by atoms with Crippen molar-refractivity contribution < 1.29 is 18.8 Å². The molecule has 0 amide bonds. The van der Waals surface area contributed by atoms with E-state index in [9.17, 15) is 14.3 Å². The molecule has 0 saturated heterocycles. The van der Waals surface area contributed by atoms with E-state index in [1.54, 1.807) is 43.3 Å². The van der Waals surface area contributed by atoms with Gasteiger partial charge in [0.15, 0.2) is 0 Å². The molecule has 0 fully saturated rings. The van der Waals surface area contributed by atoms with Crippen LogP contribution in [-0.4, -0.2) is 10.4 Å². The first kappa shape index (κ1) is 14.5. The van der Waals surface area contributed by atoms with Gasteiger partial charge in [0, 0.05) is 5.56 Å². The topological polar surface area (TPSA) is 63.6 Å². The highest BCUT2D eigenvalue weighted by Crippen LogP contribution is 2.46. The summed E-state index contributed by atoms with van der Waals surface area (Å²) in [7, 11) is -4.41. The van der Waals surface area contributed by atoms with E-state index in [-0.39, 0.29) is 11.3 Å². The monoisotopic (exact) mass is 290 g/mol. The average Bonchev–Trinajstić information content (AvgIpc) is 2.41. The van der Waals surface area contributed by atoms with Crippen LogP contribution in [0.15, 0.2) is 48.5 Å². The third kappa shape index (κ3) is 3.16. The SMILES string of the molecule is Cc1ccc(C(=O)P(=O)(O)Oc2ccccc2C)cc1. The molecule has 5 heteroatoms. The summed E-state index contributed by atoms with van der Waals surface area (Å²) >= 11 is 0. The average molecular weight is 290 g/mol. The quantitative estimate of drug-likeness (QED) is 0.872. The summed E-state index contributed by atoms with van der Waals surface area (Å²) in [4.78, 5) is 21.9. The van der Waals surface area contributed by atoms with Gasteiger partial charge in [-0.3, -0.25) is 4.79 Å². The molecule has 0 aromatic heterocycles. The molecule has 0 spiro atoms. The first-order valence-electron chi connectivity index (χ1n) is 6.10. The number of para-hydroxylation sites is 1. The minimum absolute atomic E-state index is 0.162. The van der Waals surface area contributed by atoms with Gasteiger partial charge >= 0.3 is 7.60 Å². The van der Waals surface area contributed by atoms with Crippen molar-refractivity contribution in [3.05, 3.63) is 65.2 Å². The summed E-state index contributed by atoms with van der Waals surface area (Å²) in [6.07, 6.45) is 0. The van der Waals surface area contributed by atoms with E-state index in [1.807, 2.05) is 6.92 Å². The minimum Gasteiger partial charge on any atom is -0.419 e. The Hall–Kier alpha value is -1.90. The van der Waals surface area contributed by atoms with Crippen LogP contribution in [0.5, 0.6) is 5.75 Å². The molecule has 1 unspecified atom stereocenters. The lowest BCUT2D eigenvalue weighted by Crippen LogP contribution is -2.06. The van der Waals surface area contributed by atoms with Gasteiger partial charge in [0.2, 0.25) is 0 Å². The van der Waals surface area contributed by atoms with Crippen molar-refractivity contribution in [2.24, 2.45) is 0 Å². The van der Waals surface area contributed by atoms with Gasteiger partial charge in [0.1, 0.15) is 5.75 Å². The Morgan fingerprint density at radius 1 is 1.05 bits per heavy atom. The summed E-state index contributed by atoms with van der Waals surface area (Å²) in [6, 6.07) is 13.2. The fourth-order valence-corrected chi connectivity index (χ4v) is 2.72. The highest BCUT2D eigenvalue weighted by Gasteiger charge is 2.33. The number of carbonyl (C=O) groups is 1. The normalized spacial score (nSPS) is 13.6. The van der Waals surface area contributed by atoms with Crippen molar-refractivity contribution in [2.75, 3.05) is 0 Å². The largest absolute Gasteiger partial charge is 0.448 e. The Labute approximate surface area is 117 Å². The lowest BCUT2D eigenvalue weighted by atomic mass is 10.2. The number of rotatable bonds is 4. The van der Waals surface area contributed by atoms with Crippen LogP contribution in [0.2, 0.25) is 0 Å². The van der Waals surface area contributed by atoms with Gasteiger partial charge in [-0.1, -0.05) is 48.0 Å². The fraction of sp³-hybridized carbons (Fsp3) is 0.133. The van der Waals surface area contributed by atoms with Crippen molar-refractivity contribution in [1.29, 1.82) is 0 Å². The second-order valence-electron chi connectivity index (χ2n) is 4.55. The molecular formula is C15H15O4P. The smallest absolute Gasteiger partial charge is 0.419 e. The van der Waals surface area contributed by atoms with Gasteiger partial charge in [-0.2, -0.15) is 0 Å². The molecule has 1 atom stereocenters. The predicted molar refractivity (Wildman–Crippen MR) is 77.1 cm³/mol. The molecule has 104 valence electrons. The zero-order valence-electron chi connectivity index (χ0n) is 11.2. The third-order valence-corrected chi connectivity index (χ3v) is 4.09. The van der Waals surface area contributed by atoms with E-state index in [0.29, 0.717) is 5.56 Å². The molecule has 0 aliphatic heterocycles. The van der Waals surface area contributed by atoms with E-state index < -0.39 is 13.1 Å². The first-order chi connectivity index (χ1) is 9.40. The van der Waals surface area contributed by atoms with Crippen LogP contribution in [0.3, 0.4) is 0 Å². The maximum atomic E-state index is 12.1. The standard InChI is InChI=1S/C15H15O4P/c1-11-7-9-13(10-8-11)15(16)20(17,18)19-14-6-4-3-5-12(14)2/h3-10H,1-2H3,(H,17,18). The second-order valence-corrected chi connectivity index (χ2v) is 6.18. The fourth-order valence-electron chi connectivity index (χ4n) is 1.69. The van der Waals surface area contributed by atoms with Gasteiger partial charge in [-0.05, 0) is 25.5 Å². The molecule has 20 heavy (non-hydrogen) atoms. The maximum Gasteiger partial charge on any atom is 0.448 e. The summed E-state index contributed by atoms with van der Waals surface area (Å²) in [5.74, 6) is 0.235. The number of hydrogen-bond acceptors (Lipinski definition) is 3. The van der Waals surface area contributed by atoms with E-state index in [2.05, 4.69) is 0 Å². The molecule has 0 bridgehead atoms. The molecule has 0 aliphatic carbocycles. The molecule has 0 heterocycles. The first-order valence-corrected chi connectivity index (χ1v) is 7.67. The predicted octanol–water partition coefficient (Wildman–Crippen LogP) is 3.71. The van der Waals surface area contributed by atoms with Crippen LogP contribution in [0, 0.1) is 13.8 Å². The lowest BCUT2D eigenvalue weighted by molar-refractivity contribution is 0.104. The molecular weight excluding hydrogens is 275 g/mol. The van der Waals surface area contributed by atoms with Crippen LogP contribution >= 0.6 is 7.60 Å². The van der Waals surface area contributed by atoms with Crippen molar-refractivity contribution in [3.8, 4) is 5.75 Å². The van der Waals surface area contributed by atoms with Crippen molar-refractivity contribution >= 4 is 13.1 Å². The second kappa shape index (κ2) is 5.61. The molecule has 2 aromatic rings. The maximum absolute atomic E-state index is 12.1. The Morgan fingerprint density at radius 2 is 1.65 bits per heavy atom. The van der Waals surface area contributed by atoms with E-state index in [0.717, 1.165) is 5.56 Å². The molecule has 1 N–H and O–H groups in total. The lowest BCUT2D eigenvalue weighted by Gasteiger charge is -2.13. The van der Waals surface area contributed by atoms with Crippen molar-refractivity contribution in [1.82, 2.24) is 0 Å². The zero-order valence-corrected chi connectivity index (χ0v) is 12.1. The van der Waals surface area contributed by atoms with Crippen molar-refractivity contribution in [3.63, 3.8) is 0 Å². The summed E-state index contributed by atoms with van der Waals surface area (Å²) < 4.78 is 17.1. The van der Waals surface area contributed by atoms with Crippen LogP contribution in [-0.2, 0) is 4.57 Å². The van der Waals surface area contributed by atoms with Crippen LogP contribution in [0.4, 0.5) is 0 Å². The van der Waals surface area contributed by atoms with E-state index in [1.165, 1.54) is 12.1 Å². The van der Waals surface area contributed by atoms with Gasteiger partial charge in [0.25, 0.3) is 5.52 Å². The Morgan fingerprint density at radius 3 is 2.25 bits per heavy atom.